The number of benzene rings is 3. The molecule has 3 aromatic carbocycles. The van der Waals surface area contributed by atoms with Gasteiger partial charge in [0.25, 0.3) is 0 Å². The van der Waals surface area contributed by atoms with E-state index in [-0.39, 0.29) is 17.7 Å². The Morgan fingerprint density at radius 2 is 1.35 bits per heavy atom. The van der Waals surface area contributed by atoms with Gasteiger partial charge in [0.1, 0.15) is 0 Å². The Bertz CT molecular complexity index is 1470. The topological polar surface area (TPSA) is 63.7 Å². The molecule has 43 heavy (non-hydrogen) atoms. The van der Waals surface area contributed by atoms with E-state index >= 15 is 0 Å². The maximum atomic E-state index is 14.2. The van der Waals surface area contributed by atoms with E-state index in [1.165, 1.54) is 49.8 Å². The minimum atomic E-state index is -0.799. The van der Waals surface area contributed by atoms with Crippen LogP contribution in [0.5, 0.6) is 0 Å². The summed E-state index contributed by atoms with van der Waals surface area (Å²) in [6.07, 6.45) is 12.1. The third kappa shape index (κ3) is 5.26. The first-order valence-electron chi connectivity index (χ1n) is 16.0. The van der Waals surface area contributed by atoms with Crippen LogP contribution < -0.4 is 4.90 Å². The quantitative estimate of drug-likeness (QED) is 0.0810. The molecular weight excluding hydrogens is 602 g/mol. The summed E-state index contributed by atoms with van der Waals surface area (Å²) in [7, 11) is 0. The molecule has 0 spiro atoms. The van der Waals surface area contributed by atoms with Crippen LogP contribution in [0.2, 0.25) is 0 Å². The summed E-state index contributed by atoms with van der Waals surface area (Å²) in [5.41, 5.74) is 5.04. The molecule has 1 fully saturated rings. The third-order valence-electron chi connectivity index (χ3n) is 9.59. The van der Waals surface area contributed by atoms with Crippen LogP contribution in [-0.2, 0) is 18.7 Å². The Morgan fingerprint density at radius 3 is 1.98 bits per heavy atom. The monoisotopic (exact) mass is 641 g/mol. The minimum absolute atomic E-state index is 0.201. The van der Waals surface area contributed by atoms with Crippen molar-refractivity contribution in [3.05, 3.63) is 101 Å². The Hall–Kier alpha value is -3.25. The smallest absolute Gasteiger partial charge is 0.338 e. The fourth-order valence-corrected chi connectivity index (χ4v) is 8.75. The van der Waals surface area contributed by atoms with Gasteiger partial charge in [-0.05, 0) is 46.9 Å². The predicted molar refractivity (Wildman–Crippen MR) is 172 cm³/mol. The van der Waals surface area contributed by atoms with Crippen LogP contribution in [0.25, 0.3) is 0 Å². The predicted octanol–water partition coefficient (Wildman–Crippen LogP) is 8.67. The number of halogens is 1. The van der Waals surface area contributed by atoms with Crippen LogP contribution in [0.3, 0.4) is 0 Å². The maximum Gasteiger partial charge on any atom is 0.338 e. The highest BCUT2D eigenvalue weighted by molar-refractivity contribution is 9.09. The standard InChI is InChI=1S/C37H40BrNO4/c1-2-3-4-5-6-7-8-9-10-15-23-43-36(42)25-17-16-18-26(24-25)39-34(40)32-31-27-19-11-13-21-29(27)37(38,33(32)35(39)41)30-22-14-12-20-28(30)31/h11-14,16-22,24,31-33H,2-10,15,23H2,1H3/t31?,32-,33-,37?/m0/s1. The van der Waals surface area contributed by atoms with Crippen LogP contribution >= 0.6 is 15.9 Å². The molecule has 5 nitrogen and oxygen atoms in total. The molecule has 0 aromatic heterocycles. The molecule has 3 aliphatic carbocycles. The van der Waals surface area contributed by atoms with Gasteiger partial charge in [0, 0.05) is 5.92 Å². The summed E-state index contributed by atoms with van der Waals surface area (Å²) >= 11 is 4.04. The van der Waals surface area contributed by atoms with Crippen molar-refractivity contribution in [3.8, 4) is 0 Å². The third-order valence-corrected chi connectivity index (χ3v) is 10.9. The van der Waals surface area contributed by atoms with E-state index in [1.807, 2.05) is 24.3 Å². The normalized spacial score (nSPS) is 23.2. The van der Waals surface area contributed by atoms with Gasteiger partial charge >= 0.3 is 5.97 Å². The highest BCUT2D eigenvalue weighted by atomic mass is 79.9. The lowest BCUT2D eigenvalue weighted by molar-refractivity contribution is -0.122. The first kappa shape index (κ1) is 29.8. The minimum Gasteiger partial charge on any atom is -0.462 e. The number of imide groups is 1. The van der Waals surface area contributed by atoms with Gasteiger partial charge in [-0.2, -0.15) is 0 Å². The van der Waals surface area contributed by atoms with Crippen molar-refractivity contribution >= 4 is 39.4 Å². The molecule has 7 rings (SSSR count). The van der Waals surface area contributed by atoms with Gasteiger partial charge < -0.3 is 4.74 Å². The number of anilines is 1. The summed E-state index contributed by atoms with van der Waals surface area (Å²) in [6.45, 7) is 2.61. The Labute approximate surface area is 263 Å². The molecule has 1 heterocycles. The number of carbonyl (C=O) groups is 3. The molecule has 2 atom stereocenters. The van der Waals surface area contributed by atoms with E-state index < -0.39 is 22.1 Å². The summed E-state index contributed by atoms with van der Waals surface area (Å²) in [4.78, 5) is 42.6. The van der Waals surface area contributed by atoms with E-state index in [4.69, 9.17) is 4.74 Å². The van der Waals surface area contributed by atoms with E-state index in [1.54, 1.807) is 24.3 Å². The highest BCUT2D eigenvalue weighted by Crippen LogP contribution is 2.66. The molecule has 0 N–H and O–H groups in total. The van der Waals surface area contributed by atoms with E-state index in [2.05, 4.69) is 47.1 Å². The zero-order valence-corrected chi connectivity index (χ0v) is 26.5. The average Bonchev–Trinajstić information content (AvgIpc) is 3.30. The van der Waals surface area contributed by atoms with Gasteiger partial charge in [-0.1, -0.05) is 135 Å². The molecule has 2 amide bonds. The van der Waals surface area contributed by atoms with Crippen LogP contribution in [0.1, 0.15) is 110 Å². The molecule has 1 saturated heterocycles. The van der Waals surface area contributed by atoms with Crippen molar-refractivity contribution in [2.75, 3.05) is 11.5 Å². The largest absolute Gasteiger partial charge is 0.462 e. The molecule has 0 unspecified atom stereocenters. The number of nitrogens with zero attached hydrogens (tertiary/aromatic N) is 1. The van der Waals surface area contributed by atoms with E-state index in [0.717, 1.165) is 41.5 Å². The number of unbranched alkanes of at least 4 members (excludes halogenated alkanes) is 9. The van der Waals surface area contributed by atoms with Crippen LogP contribution in [0.4, 0.5) is 5.69 Å². The van der Waals surface area contributed by atoms with Crippen molar-refractivity contribution in [2.45, 2.75) is 81.4 Å². The second kappa shape index (κ2) is 12.8. The van der Waals surface area contributed by atoms with Crippen molar-refractivity contribution in [2.24, 2.45) is 11.8 Å². The van der Waals surface area contributed by atoms with Crippen molar-refractivity contribution in [1.82, 2.24) is 0 Å². The molecule has 0 radical (unpaired) electrons. The second-order valence-electron chi connectivity index (χ2n) is 12.2. The van der Waals surface area contributed by atoms with Gasteiger partial charge in [-0.15, -0.1) is 0 Å². The number of rotatable bonds is 13. The molecule has 224 valence electrons. The lowest BCUT2D eigenvalue weighted by atomic mass is 9.55. The van der Waals surface area contributed by atoms with Crippen LogP contribution in [-0.4, -0.2) is 24.4 Å². The lowest BCUT2D eigenvalue weighted by Crippen LogP contribution is -2.50. The highest BCUT2D eigenvalue weighted by Gasteiger charge is 2.67. The number of alkyl halides is 1. The molecule has 1 aliphatic heterocycles. The molecule has 0 saturated carbocycles. The number of esters is 1. The van der Waals surface area contributed by atoms with Crippen molar-refractivity contribution < 1.29 is 19.1 Å². The summed E-state index contributed by atoms with van der Waals surface area (Å²) < 4.78 is 4.78. The number of amides is 2. The van der Waals surface area contributed by atoms with Crippen molar-refractivity contribution in [1.29, 1.82) is 0 Å². The second-order valence-corrected chi connectivity index (χ2v) is 13.5. The maximum absolute atomic E-state index is 14.2. The van der Waals surface area contributed by atoms with E-state index in [9.17, 15) is 14.4 Å². The molecule has 2 bridgehead atoms. The summed E-state index contributed by atoms with van der Waals surface area (Å²) in [5, 5.41) is 0. The fourth-order valence-electron chi connectivity index (χ4n) is 7.54. The first-order valence-corrected chi connectivity index (χ1v) is 16.8. The Balaban J connectivity index is 1.12. The SMILES string of the molecule is CCCCCCCCCCCCOC(=O)c1cccc(N2C(=O)[C@@H]3[C@@H](C2=O)C2c4ccccc4C3(Br)c3ccccc32)c1. The summed E-state index contributed by atoms with van der Waals surface area (Å²) in [6, 6.07) is 23.0. The van der Waals surface area contributed by atoms with E-state index in [0.29, 0.717) is 17.9 Å². The molecule has 4 aliphatic rings. The summed E-state index contributed by atoms with van der Waals surface area (Å²) in [5.74, 6) is -2.19. The fraction of sp³-hybridized carbons (Fsp3) is 0.432. The molecule has 3 aromatic rings. The molecular formula is C37H40BrNO4. The Kier molecular flexibility index (Phi) is 8.85. The zero-order valence-electron chi connectivity index (χ0n) is 24.9. The van der Waals surface area contributed by atoms with Gasteiger partial charge in [-0.3, -0.25) is 9.59 Å². The lowest BCUT2D eigenvalue weighted by Gasteiger charge is -2.51. The zero-order chi connectivity index (χ0) is 30.0. The van der Waals surface area contributed by atoms with Crippen LogP contribution in [0, 0.1) is 11.8 Å². The number of hydrogen-bond acceptors (Lipinski definition) is 4. The molecule has 6 heteroatoms. The Morgan fingerprint density at radius 1 is 0.767 bits per heavy atom. The number of hydrogen-bond donors (Lipinski definition) is 0. The van der Waals surface area contributed by atoms with Crippen molar-refractivity contribution in [3.63, 3.8) is 0 Å². The van der Waals surface area contributed by atoms with Gasteiger partial charge in [0.05, 0.1) is 34.0 Å². The van der Waals surface area contributed by atoms with Gasteiger partial charge in [-0.25, -0.2) is 9.69 Å². The number of carbonyl (C=O) groups excluding carboxylic acids is 3. The van der Waals surface area contributed by atoms with Crippen LogP contribution in [0.15, 0.2) is 72.8 Å². The van der Waals surface area contributed by atoms with Gasteiger partial charge in [0.2, 0.25) is 11.8 Å². The first-order chi connectivity index (χ1) is 21.0. The average molecular weight is 643 g/mol. The van der Waals surface area contributed by atoms with Gasteiger partial charge in [0.15, 0.2) is 0 Å². The number of ether oxygens (including phenoxy) is 1.